The van der Waals surface area contributed by atoms with Gasteiger partial charge in [0.05, 0.1) is 10.0 Å². The normalized spacial score (nSPS) is 10.9. The van der Waals surface area contributed by atoms with Crippen LogP contribution in [-0.4, -0.2) is 33.0 Å². The Morgan fingerprint density at radius 3 is 2.89 bits per heavy atom. The van der Waals surface area contributed by atoms with Gasteiger partial charge in [0.1, 0.15) is 11.9 Å². The van der Waals surface area contributed by atoms with Crippen molar-refractivity contribution in [2.24, 2.45) is 0 Å². The Labute approximate surface area is 119 Å². The summed E-state index contributed by atoms with van der Waals surface area (Å²) >= 11 is 7.38. The van der Waals surface area contributed by atoms with Gasteiger partial charge in [-0.2, -0.15) is 0 Å². The maximum Gasteiger partial charge on any atom is 0.339 e. The molecule has 1 N–H and O–H groups in total. The van der Waals surface area contributed by atoms with Crippen LogP contribution >= 0.6 is 22.9 Å². The molecule has 0 spiro atoms. The van der Waals surface area contributed by atoms with Gasteiger partial charge >= 0.3 is 5.97 Å². The average molecular weight is 298 g/mol. The van der Waals surface area contributed by atoms with E-state index in [9.17, 15) is 4.79 Å². The number of aromatic nitrogens is 2. The summed E-state index contributed by atoms with van der Waals surface area (Å²) in [6, 6.07) is 3.81. The van der Waals surface area contributed by atoms with Crippen molar-refractivity contribution in [2.45, 2.75) is 13.1 Å². The van der Waals surface area contributed by atoms with Gasteiger partial charge in [0, 0.05) is 24.2 Å². The standard InChI is InChI=1S/C12H12ClN3O2S/c1-16(5-8-2-3-11(13)19-8)6-10-9(12(17)18)4-14-7-15-10/h2-4,7H,5-6H2,1H3,(H,17,18). The molecule has 0 aromatic carbocycles. The minimum absolute atomic E-state index is 0.138. The Kier molecular flexibility index (Phi) is 4.47. The van der Waals surface area contributed by atoms with E-state index < -0.39 is 5.97 Å². The molecule has 2 aromatic rings. The third-order valence-corrected chi connectivity index (χ3v) is 3.72. The number of thiophene rings is 1. The molecule has 0 radical (unpaired) electrons. The number of rotatable bonds is 5. The van der Waals surface area contributed by atoms with Gasteiger partial charge in [0.2, 0.25) is 0 Å². The summed E-state index contributed by atoms with van der Waals surface area (Å²) in [4.78, 5) is 21.9. The van der Waals surface area contributed by atoms with E-state index in [2.05, 4.69) is 9.97 Å². The second-order valence-electron chi connectivity index (χ2n) is 4.07. The van der Waals surface area contributed by atoms with Gasteiger partial charge in [-0.25, -0.2) is 14.8 Å². The van der Waals surface area contributed by atoms with Crippen molar-refractivity contribution in [3.8, 4) is 0 Å². The molecule has 0 saturated heterocycles. The molecule has 2 heterocycles. The van der Waals surface area contributed by atoms with Crippen LogP contribution in [-0.2, 0) is 13.1 Å². The van der Waals surface area contributed by atoms with Crippen LogP contribution in [0.15, 0.2) is 24.7 Å². The lowest BCUT2D eigenvalue weighted by Gasteiger charge is -2.15. The van der Waals surface area contributed by atoms with Gasteiger partial charge in [-0.05, 0) is 19.2 Å². The summed E-state index contributed by atoms with van der Waals surface area (Å²) in [6.45, 7) is 1.14. The van der Waals surface area contributed by atoms with Crippen LogP contribution < -0.4 is 0 Å². The van der Waals surface area contributed by atoms with E-state index in [4.69, 9.17) is 16.7 Å². The molecular weight excluding hydrogens is 286 g/mol. The fourth-order valence-corrected chi connectivity index (χ4v) is 2.84. The Balaban J connectivity index is 2.06. The fraction of sp³-hybridized carbons (Fsp3) is 0.250. The molecule has 2 rings (SSSR count). The lowest BCUT2D eigenvalue weighted by Crippen LogP contribution is -2.19. The molecule has 19 heavy (non-hydrogen) atoms. The summed E-state index contributed by atoms with van der Waals surface area (Å²) in [5.74, 6) is -1.01. The van der Waals surface area contributed by atoms with Crippen molar-refractivity contribution >= 4 is 28.9 Å². The lowest BCUT2D eigenvalue weighted by molar-refractivity contribution is 0.0693. The van der Waals surface area contributed by atoms with Crippen LogP contribution in [0.2, 0.25) is 4.34 Å². The SMILES string of the molecule is CN(Cc1ccc(Cl)s1)Cc1ncncc1C(=O)O. The fourth-order valence-electron chi connectivity index (χ4n) is 1.67. The maximum atomic E-state index is 11.1. The summed E-state index contributed by atoms with van der Waals surface area (Å²) in [6.07, 6.45) is 2.68. The monoisotopic (exact) mass is 297 g/mol. The zero-order chi connectivity index (χ0) is 13.8. The van der Waals surface area contributed by atoms with Crippen molar-refractivity contribution in [2.75, 3.05) is 7.05 Å². The molecule has 2 aromatic heterocycles. The highest BCUT2D eigenvalue weighted by atomic mass is 35.5. The van der Waals surface area contributed by atoms with Crippen LogP contribution in [0.4, 0.5) is 0 Å². The minimum atomic E-state index is -1.01. The molecule has 0 unspecified atom stereocenters. The third kappa shape index (κ3) is 3.73. The average Bonchev–Trinajstić information content (AvgIpc) is 2.75. The molecule has 0 aliphatic carbocycles. The zero-order valence-corrected chi connectivity index (χ0v) is 11.8. The first-order valence-corrected chi connectivity index (χ1v) is 6.70. The molecule has 0 aliphatic rings. The Morgan fingerprint density at radius 1 is 1.47 bits per heavy atom. The number of hydrogen-bond acceptors (Lipinski definition) is 5. The summed E-state index contributed by atoms with van der Waals surface area (Å²) in [7, 11) is 1.90. The van der Waals surface area contributed by atoms with Crippen LogP contribution in [0, 0.1) is 0 Å². The van der Waals surface area contributed by atoms with Gasteiger partial charge in [0.15, 0.2) is 0 Å². The van der Waals surface area contributed by atoms with Crippen molar-refractivity contribution < 1.29 is 9.90 Å². The highest BCUT2D eigenvalue weighted by Crippen LogP contribution is 2.22. The first-order valence-electron chi connectivity index (χ1n) is 5.51. The van der Waals surface area contributed by atoms with Gasteiger partial charge in [0.25, 0.3) is 0 Å². The van der Waals surface area contributed by atoms with E-state index in [-0.39, 0.29) is 5.56 Å². The zero-order valence-electron chi connectivity index (χ0n) is 10.2. The summed E-state index contributed by atoms with van der Waals surface area (Å²) < 4.78 is 0.747. The second-order valence-corrected chi connectivity index (χ2v) is 5.87. The maximum absolute atomic E-state index is 11.1. The molecular formula is C12H12ClN3O2S. The van der Waals surface area contributed by atoms with Gasteiger partial charge in [-0.3, -0.25) is 4.90 Å². The van der Waals surface area contributed by atoms with Crippen molar-refractivity contribution in [1.82, 2.24) is 14.9 Å². The number of carbonyl (C=O) groups is 1. The Bertz CT molecular complexity index is 588. The van der Waals surface area contributed by atoms with E-state index >= 15 is 0 Å². The summed E-state index contributed by atoms with van der Waals surface area (Å²) in [5.41, 5.74) is 0.645. The van der Waals surface area contributed by atoms with Gasteiger partial charge in [-0.1, -0.05) is 11.6 Å². The minimum Gasteiger partial charge on any atom is -0.478 e. The predicted octanol–water partition coefficient (Wildman–Crippen LogP) is 2.52. The molecule has 0 aliphatic heterocycles. The molecule has 0 fully saturated rings. The highest BCUT2D eigenvalue weighted by Gasteiger charge is 2.13. The number of carboxylic acid groups (broad SMARTS) is 1. The third-order valence-electron chi connectivity index (χ3n) is 2.50. The Morgan fingerprint density at radius 2 is 2.26 bits per heavy atom. The number of hydrogen-bond donors (Lipinski definition) is 1. The second kappa shape index (κ2) is 6.10. The molecule has 0 bridgehead atoms. The summed E-state index contributed by atoms with van der Waals surface area (Å²) in [5, 5.41) is 9.06. The molecule has 0 amide bonds. The highest BCUT2D eigenvalue weighted by molar-refractivity contribution is 7.16. The first-order chi connectivity index (χ1) is 9.06. The van der Waals surface area contributed by atoms with E-state index in [1.54, 1.807) is 0 Å². The topological polar surface area (TPSA) is 66.3 Å². The van der Waals surface area contributed by atoms with Crippen molar-refractivity contribution in [1.29, 1.82) is 0 Å². The molecule has 5 nitrogen and oxygen atoms in total. The van der Waals surface area contributed by atoms with Crippen LogP contribution in [0.5, 0.6) is 0 Å². The number of carboxylic acids is 1. The Hall–Kier alpha value is -1.50. The molecule has 100 valence electrons. The smallest absolute Gasteiger partial charge is 0.339 e. The molecule has 0 atom stereocenters. The first kappa shape index (κ1) is 13.9. The predicted molar refractivity (Wildman–Crippen MR) is 73.5 cm³/mol. The van der Waals surface area contributed by atoms with Crippen molar-refractivity contribution in [3.05, 3.63) is 45.1 Å². The van der Waals surface area contributed by atoms with E-state index in [0.717, 1.165) is 9.21 Å². The van der Waals surface area contributed by atoms with Crippen molar-refractivity contribution in [3.63, 3.8) is 0 Å². The molecule has 7 heteroatoms. The van der Waals surface area contributed by atoms with E-state index in [1.165, 1.54) is 23.9 Å². The van der Waals surface area contributed by atoms with Crippen LogP contribution in [0.1, 0.15) is 20.9 Å². The van der Waals surface area contributed by atoms with Gasteiger partial charge in [-0.15, -0.1) is 11.3 Å². The quantitative estimate of drug-likeness (QED) is 0.918. The van der Waals surface area contributed by atoms with Gasteiger partial charge < -0.3 is 5.11 Å². The van der Waals surface area contributed by atoms with E-state index in [1.807, 2.05) is 24.1 Å². The lowest BCUT2D eigenvalue weighted by atomic mass is 10.2. The van der Waals surface area contributed by atoms with Crippen LogP contribution in [0.25, 0.3) is 0 Å². The van der Waals surface area contributed by atoms with Crippen LogP contribution in [0.3, 0.4) is 0 Å². The number of nitrogens with zero attached hydrogens (tertiary/aromatic N) is 3. The largest absolute Gasteiger partial charge is 0.478 e. The molecule has 0 saturated carbocycles. The number of aromatic carboxylic acids is 1. The number of halogens is 1. The van der Waals surface area contributed by atoms with E-state index in [0.29, 0.717) is 18.8 Å².